The lowest BCUT2D eigenvalue weighted by atomic mass is 9.91. The van der Waals surface area contributed by atoms with Gasteiger partial charge in [0.25, 0.3) is 0 Å². The molecule has 0 radical (unpaired) electrons. The van der Waals surface area contributed by atoms with Crippen molar-refractivity contribution >= 4 is 23.7 Å². The lowest BCUT2D eigenvalue weighted by Crippen LogP contribution is -2.24. The van der Waals surface area contributed by atoms with Crippen LogP contribution in [0.5, 0.6) is 57.5 Å². The summed E-state index contributed by atoms with van der Waals surface area (Å²) in [6.45, 7) is 8.16. The topological polar surface area (TPSA) is 161 Å². The number of phenolic OH excluding ortho intramolecular Hbond substituents is 4. The standard InChI is InChI=1S/C48H46O11/c1-25(2)7-5-9-28-12-17-33-43(55-28)23-38(53)45-36(51)21-41(58-47(33)45)31-16-14-30(20-35(31)50)57-40-19-27(49)11-15-32(40)42-22-37(52)46-39(54)24-44-34(48(46)59-42)18-13-29(56-44)10-6-8-26(3)4/h7-8,11-20,23-24,28-29,41-42,49-50,53-54H,5-6,9-10,21-22H2,1-4H3. The third-order valence-electron chi connectivity index (χ3n) is 10.8. The van der Waals surface area contributed by atoms with Crippen molar-refractivity contribution in [3.8, 4) is 57.5 Å². The molecule has 0 fully saturated rings. The van der Waals surface area contributed by atoms with E-state index in [9.17, 15) is 30.0 Å². The molecule has 4 unspecified atom stereocenters. The summed E-state index contributed by atoms with van der Waals surface area (Å²) in [4.78, 5) is 27.0. The molecule has 0 aromatic heterocycles. The van der Waals surface area contributed by atoms with Crippen LogP contribution < -0.4 is 23.7 Å². The number of Topliss-reactive ketones (excluding diaryl/α,β-unsaturated/α-hetero) is 2. The fourth-order valence-electron chi connectivity index (χ4n) is 7.88. The molecule has 0 spiro atoms. The lowest BCUT2D eigenvalue weighted by molar-refractivity contribution is 0.0830. The van der Waals surface area contributed by atoms with Crippen molar-refractivity contribution in [3.05, 3.63) is 117 Å². The maximum absolute atomic E-state index is 13.6. The predicted octanol–water partition coefficient (Wildman–Crippen LogP) is 10.8. The van der Waals surface area contributed by atoms with Crippen LogP contribution in [-0.2, 0) is 0 Å². The second-order valence-electron chi connectivity index (χ2n) is 15.8. The number of hydrogen-bond donors (Lipinski definition) is 4. The zero-order valence-electron chi connectivity index (χ0n) is 33.3. The Kier molecular flexibility index (Phi) is 10.6. The maximum atomic E-state index is 13.6. The average molecular weight is 799 g/mol. The Morgan fingerprint density at radius 3 is 1.66 bits per heavy atom. The van der Waals surface area contributed by atoms with Gasteiger partial charge in [-0.1, -0.05) is 23.3 Å². The third-order valence-corrected chi connectivity index (χ3v) is 10.8. The zero-order valence-corrected chi connectivity index (χ0v) is 33.3. The molecule has 59 heavy (non-hydrogen) atoms. The number of benzene rings is 4. The Bertz CT molecular complexity index is 2480. The number of carbonyl (C=O) groups excluding carboxylic acids is 2. The highest BCUT2D eigenvalue weighted by molar-refractivity contribution is 6.05. The number of allylic oxidation sites excluding steroid dienone is 4. The molecule has 11 nitrogen and oxygen atoms in total. The molecule has 4 heterocycles. The highest BCUT2D eigenvalue weighted by atomic mass is 16.5. The minimum Gasteiger partial charge on any atom is -0.508 e. The Balaban J connectivity index is 1.02. The molecule has 0 amide bonds. The number of carbonyl (C=O) groups is 2. The van der Waals surface area contributed by atoms with E-state index in [-0.39, 0.29) is 93.7 Å². The van der Waals surface area contributed by atoms with Gasteiger partial charge in [0.05, 0.1) is 24.0 Å². The van der Waals surface area contributed by atoms with Gasteiger partial charge in [-0.05, 0) is 102 Å². The van der Waals surface area contributed by atoms with Crippen molar-refractivity contribution < 1.29 is 53.7 Å². The summed E-state index contributed by atoms with van der Waals surface area (Å²) in [5, 5.41) is 43.6. The largest absolute Gasteiger partial charge is 0.508 e. The van der Waals surface area contributed by atoms with Crippen molar-refractivity contribution in [2.24, 2.45) is 0 Å². The van der Waals surface area contributed by atoms with Crippen LogP contribution in [0.25, 0.3) is 12.2 Å². The van der Waals surface area contributed by atoms with Gasteiger partial charge in [-0.15, -0.1) is 0 Å². The van der Waals surface area contributed by atoms with Crippen LogP contribution in [0.4, 0.5) is 0 Å². The van der Waals surface area contributed by atoms with Gasteiger partial charge in [0.1, 0.15) is 93.0 Å². The third kappa shape index (κ3) is 7.97. The maximum Gasteiger partial charge on any atom is 0.174 e. The first kappa shape index (κ1) is 39.2. The molecule has 11 heteroatoms. The van der Waals surface area contributed by atoms with Crippen LogP contribution >= 0.6 is 0 Å². The quantitative estimate of drug-likeness (QED) is 0.113. The number of fused-ring (bicyclic) bond motifs is 6. The summed E-state index contributed by atoms with van der Waals surface area (Å²) >= 11 is 0. The lowest BCUT2D eigenvalue weighted by Gasteiger charge is -2.31. The molecule has 0 aliphatic carbocycles. The number of hydrogen-bond acceptors (Lipinski definition) is 11. The van der Waals surface area contributed by atoms with Gasteiger partial charge in [0.15, 0.2) is 11.6 Å². The SMILES string of the molecule is CC(C)=CCCC1C=Cc2c(cc(O)c3c2OC(c2ccc(Oc4cc(O)ccc4C4CC(=O)c5c(O)cc6c(c5O4)C=CC(CCC=C(C)C)O6)cc2O)CC3=O)O1. The molecule has 8 rings (SSSR count). The second-order valence-corrected chi connectivity index (χ2v) is 15.8. The zero-order chi connectivity index (χ0) is 41.5. The number of ether oxygens (including phenoxy) is 5. The normalized spacial score (nSPS) is 19.7. The van der Waals surface area contributed by atoms with E-state index in [1.54, 1.807) is 18.2 Å². The Morgan fingerprint density at radius 1 is 0.644 bits per heavy atom. The number of ketones is 2. The van der Waals surface area contributed by atoms with Crippen LogP contribution in [0.3, 0.4) is 0 Å². The summed E-state index contributed by atoms with van der Waals surface area (Å²) in [5.74, 6) is 0.0944. The summed E-state index contributed by atoms with van der Waals surface area (Å²) in [5.41, 5.74) is 4.42. The van der Waals surface area contributed by atoms with E-state index in [0.717, 1.165) is 25.7 Å². The number of aromatic hydroxyl groups is 4. The van der Waals surface area contributed by atoms with Crippen molar-refractivity contribution in [1.82, 2.24) is 0 Å². The summed E-state index contributed by atoms with van der Waals surface area (Å²) in [6, 6.07) is 11.9. The van der Waals surface area contributed by atoms with Gasteiger partial charge < -0.3 is 44.1 Å². The van der Waals surface area contributed by atoms with Crippen molar-refractivity contribution in [2.75, 3.05) is 0 Å². The van der Waals surface area contributed by atoms with Gasteiger partial charge in [0, 0.05) is 35.4 Å². The molecular formula is C48H46O11. The van der Waals surface area contributed by atoms with E-state index in [1.807, 2.05) is 52.0 Å². The minimum absolute atomic E-state index is 0.0664. The fourth-order valence-corrected chi connectivity index (χ4v) is 7.88. The Hall–Kier alpha value is -6.62. The molecular weight excluding hydrogens is 753 g/mol. The van der Waals surface area contributed by atoms with Gasteiger partial charge in [-0.25, -0.2) is 0 Å². The van der Waals surface area contributed by atoms with Crippen LogP contribution in [0.1, 0.15) is 121 Å². The van der Waals surface area contributed by atoms with Crippen LogP contribution in [0.2, 0.25) is 0 Å². The molecule has 0 saturated heterocycles. The van der Waals surface area contributed by atoms with Crippen LogP contribution in [0.15, 0.2) is 84.0 Å². The van der Waals surface area contributed by atoms with Crippen molar-refractivity contribution in [2.45, 2.75) is 90.6 Å². The molecule has 4 aromatic carbocycles. The van der Waals surface area contributed by atoms with Gasteiger partial charge in [-0.3, -0.25) is 9.59 Å². The van der Waals surface area contributed by atoms with E-state index in [0.29, 0.717) is 33.8 Å². The summed E-state index contributed by atoms with van der Waals surface area (Å²) in [7, 11) is 0. The van der Waals surface area contributed by atoms with Gasteiger partial charge >= 0.3 is 0 Å². The summed E-state index contributed by atoms with van der Waals surface area (Å²) in [6.07, 6.45) is 12.5. The average Bonchev–Trinajstić information content (AvgIpc) is 3.17. The van der Waals surface area contributed by atoms with Gasteiger partial charge in [-0.2, -0.15) is 0 Å². The molecule has 0 bridgehead atoms. The highest BCUT2D eigenvalue weighted by Gasteiger charge is 2.38. The highest BCUT2D eigenvalue weighted by Crippen LogP contribution is 2.51. The summed E-state index contributed by atoms with van der Waals surface area (Å²) < 4.78 is 31.4. The van der Waals surface area contributed by atoms with E-state index < -0.39 is 12.2 Å². The van der Waals surface area contributed by atoms with E-state index >= 15 is 0 Å². The molecule has 4 aliphatic heterocycles. The van der Waals surface area contributed by atoms with Crippen molar-refractivity contribution in [3.63, 3.8) is 0 Å². The number of rotatable bonds is 10. The van der Waals surface area contributed by atoms with E-state index in [2.05, 4.69) is 12.2 Å². The molecule has 4 N–H and O–H groups in total. The fraction of sp³-hybridized carbons (Fsp3) is 0.292. The van der Waals surface area contributed by atoms with E-state index in [1.165, 1.54) is 41.5 Å². The van der Waals surface area contributed by atoms with E-state index in [4.69, 9.17) is 23.7 Å². The second kappa shape index (κ2) is 16.0. The minimum atomic E-state index is -0.884. The van der Waals surface area contributed by atoms with Crippen molar-refractivity contribution in [1.29, 1.82) is 0 Å². The molecule has 4 atom stereocenters. The predicted molar refractivity (Wildman–Crippen MR) is 221 cm³/mol. The Labute approximate surface area is 342 Å². The van der Waals surface area contributed by atoms with Gasteiger partial charge in [0.2, 0.25) is 0 Å². The first-order valence-electron chi connectivity index (χ1n) is 19.8. The smallest absolute Gasteiger partial charge is 0.174 e. The monoisotopic (exact) mass is 798 g/mol. The van der Waals surface area contributed by atoms with Crippen LogP contribution in [-0.4, -0.2) is 44.2 Å². The molecule has 304 valence electrons. The molecule has 0 saturated carbocycles. The first-order valence-corrected chi connectivity index (χ1v) is 19.8. The molecule has 4 aromatic rings. The first-order chi connectivity index (χ1) is 28.3. The van der Waals surface area contributed by atoms with Crippen LogP contribution in [0, 0.1) is 0 Å². The Morgan fingerprint density at radius 2 is 1.15 bits per heavy atom. The number of phenols is 4. The molecule has 4 aliphatic rings.